The number of nitrogens with zero attached hydrogens (tertiary/aromatic N) is 1. The first-order valence-electron chi connectivity index (χ1n) is 6.15. The summed E-state index contributed by atoms with van der Waals surface area (Å²) in [5.41, 5.74) is 0.673. The van der Waals surface area contributed by atoms with Crippen LogP contribution in [0.5, 0.6) is 0 Å². The van der Waals surface area contributed by atoms with Crippen LogP contribution in [0.25, 0.3) is 0 Å². The molecule has 1 aromatic rings. The Bertz CT molecular complexity index is 484. The first-order valence-corrected chi connectivity index (χ1v) is 7.59. The summed E-state index contributed by atoms with van der Waals surface area (Å²) in [5.74, 6) is 0.514. The van der Waals surface area contributed by atoms with E-state index in [1.807, 2.05) is 6.07 Å². The highest BCUT2D eigenvalue weighted by molar-refractivity contribution is 7.89. The Labute approximate surface area is 110 Å². The fourth-order valence-corrected chi connectivity index (χ4v) is 2.52. The van der Waals surface area contributed by atoms with E-state index in [2.05, 4.69) is 19.2 Å². The van der Waals surface area contributed by atoms with Gasteiger partial charge in [-0.25, -0.2) is 12.7 Å². The lowest BCUT2D eigenvalue weighted by molar-refractivity contribution is 0.520. The summed E-state index contributed by atoms with van der Waals surface area (Å²) < 4.78 is 25.5. The minimum atomic E-state index is -3.39. The van der Waals surface area contributed by atoms with Crippen LogP contribution in [-0.4, -0.2) is 33.4 Å². The van der Waals surface area contributed by atoms with Gasteiger partial charge >= 0.3 is 0 Å². The van der Waals surface area contributed by atoms with E-state index >= 15 is 0 Å². The predicted molar refractivity (Wildman–Crippen MR) is 75.3 cm³/mol. The quantitative estimate of drug-likeness (QED) is 0.863. The van der Waals surface area contributed by atoms with Crippen molar-refractivity contribution in [1.29, 1.82) is 0 Å². The highest BCUT2D eigenvalue weighted by Crippen LogP contribution is 2.23. The smallest absolute Gasteiger partial charge is 0.244 e. The van der Waals surface area contributed by atoms with Crippen molar-refractivity contribution >= 4 is 15.7 Å². The molecular weight excluding hydrogens is 248 g/mol. The third-order valence-electron chi connectivity index (χ3n) is 2.98. The second-order valence-electron chi connectivity index (χ2n) is 4.68. The van der Waals surface area contributed by atoms with Crippen molar-refractivity contribution in [3.05, 3.63) is 24.3 Å². The van der Waals surface area contributed by atoms with Gasteiger partial charge in [0.15, 0.2) is 0 Å². The Morgan fingerprint density at radius 1 is 1.28 bits per heavy atom. The lowest BCUT2D eigenvalue weighted by Gasteiger charge is -2.17. The fourth-order valence-electron chi connectivity index (χ4n) is 1.46. The van der Waals surface area contributed by atoms with Gasteiger partial charge in [0.25, 0.3) is 0 Å². The third-order valence-corrected chi connectivity index (χ3v) is 4.86. The van der Waals surface area contributed by atoms with Crippen LogP contribution in [0.1, 0.15) is 20.3 Å². The lowest BCUT2D eigenvalue weighted by Crippen LogP contribution is -2.23. The van der Waals surface area contributed by atoms with Crippen molar-refractivity contribution in [2.45, 2.75) is 25.2 Å². The fraction of sp³-hybridized carbons (Fsp3) is 0.538. The number of hydrogen-bond donors (Lipinski definition) is 1. The SMILES string of the molecule is CCC(C)CNc1ccccc1S(=O)(=O)N(C)C. The molecule has 1 atom stereocenters. The van der Waals surface area contributed by atoms with Crippen LogP contribution in [0.2, 0.25) is 0 Å². The van der Waals surface area contributed by atoms with Gasteiger partial charge in [0, 0.05) is 20.6 Å². The summed E-state index contributed by atoms with van der Waals surface area (Å²) in [6, 6.07) is 7.02. The van der Waals surface area contributed by atoms with E-state index in [1.54, 1.807) is 32.3 Å². The Morgan fingerprint density at radius 2 is 1.89 bits per heavy atom. The number of benzene rings is 1. The minimum absolute atomic E-state index is 0.332. The Hall–Kier alpha value is -1.07. The first-order chi connectivity index (χ1) is 8.39. The van der Waals surface area contributed by atoms with E-state index in [9.17, 15) is 8.42 Å². The summed E-state index contributed by atoms with van der Waals surface area (Å²) in [7, 11) is -0.306. The number of hydrogen-bond acceptors (Lipinski definition) is 3. The largest absolute Gasteiger partial charge is 0.384 e. The van der Waals surface area contributed by atoms with E-state index in [0.717, 1.165) is 13.0 Å². The van der Waals surface area contributed by atoms with Crippen molar-refractivity contribution in [3.63, 3.8) is 0 Å². The molecule has 1 aromatic carbocycles. The molecule has 0 aromatic heterocycles. The van der Waals surface area contributed by atoms with Crippen LogP contribution in [0, 0.1) is 5.92 Å². The van der Waals surface area contributed by atoms with Crippen molar-refractivity contribution < 1.29 is 8.42 Å². The molecular formula is C13H22N2O2S. The van der Waals surface area contributed by atoms with Crippen molar-refractivity contribution in [1.82, 2.24) is 4.31 Å². The zero-order valence-corrected chi connectivity index (χ0v) is 12.3. The average molecular weight is 270 g/mol. The molecule has 0 aliphatic heterocycles. The van der Waals surface area contributed by atoms with Crippen molar-refractivity contribution in [2.75, 3.05) is 26.0 Å². The van der Waals surface area contributed by atoms with Crippen LogP contribution in [0.15, 0.2) is 29.2 Å². The number of rotatable bonds is 6. The molecule has 1 unspecified atom stereocenters. The van der Waals surface area contributed by atoms with Gasteiger partial charge in [-0.3, -0.25) is 0 Å². The second kappa shape index (κ2) is 6.20. The monoisotopic (exact) mass is 270 g/mol. The molecule has 0 aliphatic rings. The molecule has 0 saturated heterocycles. The molecule has 0 heterocycles. The second-order valence-corrected chi connectivity index (χ2v) is 6.80. The molecule has 1 rings (SSSR count). The number of nitrogens with one attached hydrogen (secondary N) is 1. The topological polar surface area (TPSA) is 49.4 Å². The van der Waals surface area contributed by atoms with Gasteiger partial charge in [-0.15, -0.1) is 0 Å². The predicted octanol–water partition coefficient (Wildman–Crippen LogP) is 2.39. The average Bonchev–Trinajstić information content (AvgIpc) is 2.35. The summed E-state index contributed by atoms with van der Waals surface area (Å²) >= 11 is 0. The van der Waals surface area contributed by atoms with E-state index in [1.165, 1.54) is 4.31 Å². The van der Waals surface area contributed by atoms with E-state index in [0.29, 0.717) is 16.5 Å². The molecule has 0 fully saturated rings. The van der Waals surface area contributed by atoms with Gasteiger partial charge < -0.3 is 5.32 Å². The maximum atomic E-state index is 12.2. The number of sulfonamides is 1. The van der Waals surface area contributed by atoms with Crippen molar-refractivity contribution in [3.8, 4) is 0 Å². The Morgan fingerprint density at radius 3 is 2.44 bits per heavy atom. The van der Waals surface area contributed by atoms with Gasteiger partial charge in [-0.2, -0.15) is 0 Å². The maximum absolute atomic E-state index is 12.2. The minimum Gasteiger partial charge on any atom is -0.384 e. The highest BCUT2D eigenvalue weighted by Gasteiger charge is 2.20. The maximum Gasteiger partial charge on any atom is 0.244 e. The van der Waals surface area contributed by atoms with Crippen LogP contribution in [0.4, 0.5) is 5.69 Å². The van der Waals surface area contributed by atoms with E-state index < -0.39 is 10.0 Å². The third kappa shape index (κ3) is 3.46. The number of anilines is 1. The normalized spacial score (nSPS) is 13.6. The van der Waals surface area contributed by atoms with Crippen LogP contribution in [0.3, 0.4) is 0 Å². The van der Waals surface area contributed by atoms with Crippen LogP contribution in [-0.2, 0) is 10.0 Å². The summed E-state index contributed by atoms with van der Waals surface area (Å²) in [5, 5.41) is 3.22. The summed E-state index contributed by atoms with van der Waals surface area (Å²) in [6.07, 6.45) is 1.07. The molecule has 102 valence electrons. The molecule has 0 spiro atoms. The summed E-state index contributed by atoms with van der Waals surface area (Å²) in [6.45, 7) is 5.03. The van der Waals surface area contributed by atoms with Gasteiger partial charge in [0.1, 0.15) is 4.90 Å². The number of para-hydroxylation sites is 1. The lowest BCUT2D eigenvalue weighted by atomic mass is 10.1. The van der Waals surface area contributed by atoms with Gasteiger partial charge in [0.2, 0.25) is 10.0 Å². The standard InChI is InChI=1S/C13H22N2O2S/c1-5-11(2)10-14-12-8-6-7-9-13(12)18(16,17)15(3)4/h6-9,11,14H,5,10H2,1-4H3. The zero-order valence-electron chi connectivity index (χ0n) is 11.5. The van der Waals surface area contributed by atoms with E-state index in [4.69, 9.17) is 0 Å². The van der Waals surface area contributed by atoms with Gasteiger partial charge in [-0.05, 0) is 18.1 Å². The molecule has 1 N–H and O–H groups in total. The van der Waals surface area contributed by atoms with Crippen LogP contribution >= 0.6 is 0 Å². The molecule has 18 heavy (non-hydrogen) atoms. The Balaban J connectivity index is 3.01. The van der Waals surface area contributed by atoms with Gasteiger partial charge in [-0.1, -0.05) is 32.4 Å². The Kier molecular flexibility index (Phi) is 5.16. The van der Waals surface area contributed by atoms with Gasteiger partial charge in [0.05, 0.1) is 5.69 Å². The molecule has 0 saturated carbocycles. The van der Waals surface area contributed by atoms with Crippen LogP contribution < -0.4 is 5.32 Å². The molecule has 0 aliphatic carbocycles. The molecule has 0 amide bonds. The molecule has 0 bridgehead atoms. The molecule has 0 radical (unpaired) electrons. The zero-order chi connectivity index (χ0) is 13.8. The molecule has 5 heteroatoms. The van der Waals surface area contributed by atoms with Crippen molar-refractivity contribution in [2.24, 2.45) is 5.92 Å². The summed E-state index contributed by atoms with van der Waals surface area (Å²) in [4.78, 5) is 0.332. The first kappa shape index (κ1) is 15.0. The van der Waals surface area contributed by atoms with E-state index in [-0.39, 0.29) is 0 Å². The molecule has 4 nitrogen and oxygen atoms in total. The highest BCUT2D eigenvalue weighted by atomic mass is 32.2.